The summed E-state index contributed by atoms with van der Waals surface area (Å²) < 4.78 is 28.2. The van der Waals surface area contributed by atoms with E-state index in [0.29, 0.717) is 6.54 Å². The Hall–Kier alpha value is -3.00. The van der Waals surface area contributed by atoms with Gasteiger partial charge in [0.1, 0.15) is 0 Å². The molecule has 0 spiro atoms. The molecule has 0 fully saturated rings. The minimum Gasteiger partial charge on any atom is -0.392 e. The Morgan fingerprint density at radius 2 is 1.49 bits per heavy atom. The molecule has 0 heterocycles. The first kappa shape index (κ1) is 28.6. The average Bonchev–Trinajstić information content (AvgIpc) is 2.83. The van der Waals surface area contributed by atoms with Crippen molar-refractivity contribution in [3.05, 3.63) is 88.5 Å². The van der Waals surface area contributed by atoms with Gasteiger partial charge in [-0.05, 0) is 77.0 Å². The largest absolute Gasteiger partial charge is 0.392 e. The molecule has 0 aromatic heterocycles. The standard InChI is InChI=1S/C30H38N2O4S/c1-20(2)27-15-24(26-10-8-7-9-23(26)19-33)16-28(21(3)4)29(27)17-30(34)31-37(35,36)25-13-11-22(12-14-25)18-32(5)6/h7-16,20-21,33H,17-19H2,1-6H3,(H,31,34). The van der Waals surface area contributed by atoms with Gasteiger partial charge in [0, 0.05) is 6.54 Å². The maximum atomic E-state index is 13.1. The molecule has 7 heteroatoms. The number of rotatable bonds is 10. The van der Waals surface area contributed by atoms with E-state index in [1.54, 1.807) is 12.1 Å². The molecule has 0 bridgehead atoms. The van der Waals surface area contributed by atoms with E-state index < -0.39 is 15.9 Å². The molecule has 0 unspecified atom stereocenters. The lowest BCUT2D eigenvalue weighted by atomic mass is 9.83. The highest BCUT2D eigenvalue weighted by Crippen LogP contribution is 2.35. The first-order valence-corrected chi connectivity index (χ1v) is 14.1. The smallest absolute Gasteiger partial charge is 0.264 e. The number of nitrogens with one attached hydrogen (secondary N) is 1. The van der Waals surface area contributed by atoms with Gasteiger partial charge in [-0.15, -0.1) is 0 Å². The van der Waals surface area contributed by atoms with E-state index in [0.717, 1.165) is 38.9 Å². The molecular formula is C30H38N2O4S. The van der Waals surface area contributed by atoms with Gasteiger partial charge in [0.05, 0.1) is 17.9 Å². The van der Waals surface area contributed by atoms with Crippen LogP contribution in [0.15, 0.2) is 65.6 Å². The van der Waals surface area contributed by atoms with E-state index >= 15 is 0 Å². The fourth-order valence-corrected chi connectivity index (χ4v) is 5.58. The number of sulfonamides is 1. The summed E-state index contributed by atoms with van der Waals surface area (Å²) in [6.07, 6.45) is -0.0408. The van der Waals surface area contributed by atoms with Gasteiger partial charge >= 0.3 is 0 Å². The van der Waals surface area contributed by atoms with E-state index in [1.807, 2.05) is 43.3 Å². The number of nitrogens with zero attached hydrogens (tertiary/aromatic N) is 1. The van der Waals surface area contributed by atoms with Crippen LogP contribution in [0.4, 0.5) is 0 Å². The number of amides is 1. The fraction of sp³-hybridized carbons (Fsp3) is 0.367. The van der Waals surface area contributed by atoms with Gasteiger partial charge in [0.25, 0.3) is 10.0 Å². The van der Waals surface area contributed by atoms with Gasteiger partial charge in [-0.25, -0.2) is 13.1 Å². The lowest BCUT2D eigenvalue weighted by Crippen LogP contribution is -2.32. The second-order valence-corrected chi connectivity index (χ2v) is 12.0. The summed E-state index contributed by atoms with van der Waals surface area (Å²) in [7, 11) is -0.104. The molecule has 0 aliphatic carbocycles. The second kappa shape index (κ2) is 12.0. The van der Waals surface area contributed by atoms with E-state index in [4.69, 9.17) is 0 Å². The van der Waals surface area contributed by atoms with Crippen LogP contribution in [-0.4, -0.2) is 38.4 Å². The lowest BCUT2D eigenvalue weighted by Gasteiger charge is -2.22. The summed E-state index contributed by atoms with van der Waals surface area (Å²) in [6, 6.07) is 18.4. The van der Waals surface area contributed by atoms with Crippen LogP contribution in [0.1, 0.15) is 67.3 Å². The summed E-state index contributed by atoms with van der Waals surface area (Å²) in [6.45, 7) is 8.89. The monoisotopic (exact) mass is 522 g/mol. The van der Waals surface area contributed by atoms with Crippen LogP contribution in [0.2, 0.25) is 0 Å². The SMILES string of the molecule is CC(C)c1cc(-c2ccccc2CO)cc(C(C)C)c1CC(=O)NS(=O)(=O)c1ccc(CN(C)C)cc1. The zero-order chi connectivity index (χ0) is 27.3. The Morgan fingerprint density at radius 3 is 2.00 bits per heavy atom. The molecule has 2 N–H and O–H groups in total. The van der Waals surface area contributed by atoms with Gasteiger partial charge in [0.2, 0.25) is 5.91 Å². The van der Waals surface area contributed by atoms with Crippen molar-refractivity contribution in [2.45, 2.75) is 64.0 Å². The van der Waals surface area contributed by atoms with Crippen molar-refractivity contribution in [3.63, 3.8) is 0 Å². The fourth-order valence-electron chi connectivity index (χ4n) is 4.59. The molecule has 3 aromatic carbocycles. The summed E-state index contributed by atoms with van der Waals surface area (Å²) in [5.41, 5.74) is 6.59. The van der Waals surface area contributed by atoms with Crippen LogP contribution < -0.4 is 4.72 Å². The molecule has 1 amide bonds. The van der Waals surface area contributed by atoms with Crippen LogP contribution >= 0.6 is 0 Å². The van der Waals surface area contributed by atoms with Gasteiger partial charge in [-0.3, -0.25) is 4.79 Å². The Kier molecular flexibility index (Phi) is 9.29. The quantitative estimate of drug-likeness (QED) is 0.382. The molecular weight excluding hydrogens is 484 g/mol. The highest BCUT2D eigenvalue weighted by Gasteiger charge is 2.23. The van der Waals surface area contributed by atoms with E-state index in [2.05, 4.69) is 44.5 Å². The molecule has 3 rings (SSSR count). The van der Waals surface area contributed by atoms with Crippen molar-refractivity contribution in [1.29, 1.82) is 0 Å². The minimum atomic E-state index is -3.99. The average molecular weight is 523 g/mol. The molecule has 0 saturated heterocycles. The number of carbonyl (C=O) groups is 1. The highest BCUT2D eigenvalue weighted by atomic mass is 32.2. The maximum Gasteiger partial charge on any atom is 0.264 e. The van der Waals surface area contributed by atoms with Crippen molar-refractivity contribution in [2.24, 2.45) is 0 Å². The van der Waals surface area contributed by atoms with Crippen molar-refractivity contribution in [2.75, 3.05) is 14.1 Å². The normalized spacial score (nSPS) is 11.9. The van der Waals surface area contributed by atoms with Crippen LogP contribution in [0.3, 0.4) is 0 Å². The Bertz CT molecular complexity index is 1320. The maximum absolute atomic E-state index is 13.1. The molecule has 0 radical (unpaired) electrons. The Balaban J connectivity index is 1.94. The van der Waals surface area contributed by atoms with Gasteiger partial charge in [0.15, 0.2) is 0 Å². The van der Waals surface area contributed by atoms with Crippen molar-refractivity contribution in [1.82, 2.24) is 9.62 Å². The first-order chi connectivity index (χ1) is 17.4. The second-order valence-electron chi connectivity index (χ2n) is 10.3. The molecule has 37 heavy (non-hydrogen) atoms. The topological polar surface area (TPSA) is 86.7 Å². The number of carbonyl (C=O) groups excluding carboxylic acids is 1. The Labute approximate surface area is 221 Å². The predicted molar refractivity (Wildman–Crippen MR) is 149 cm³/mol. The summed E-state index contributed by atoms with van der Waals surface area (Å²) in [5.74, 6) is -0.338. The van der Waals surface area contributed by atoms with Crippen LogP contribution in [0, 0.1) is 0 Å². The number of hydrogen-bond acceptors (Lipinski definition) is 5. The van der Waals surface area contributed by atoms with Crippen LogP contribution in [-0.2, 0) is 34.4 Å². The van der Waals surface area contributed by atoms with Crippen molar-refractivity contribution < 1.29 is 18.3 Å². The zero-order valence-electron chi connectivity index (χ0n) is 22.6. The predicted octanol–water partition coefficient (Wildman–Crippen LogP) is 5.20. The molecule has 0 atom stereocenters. The molecule has 0 aliphatic heterocycles. The molecule has 0 aliphatic rings. The molecule has 0 saturated carbocycles. The van der Waals surface area contributed by atoms with Gasteiger partial charge in [-0.1, -0.05) is 76.2 Å². The molecule has 6 nitrogen and oxygen atoms in total. The lowest BCUT2D eigenvalue weighted by molar-refractivity contribution is -0.118. The van der Waals surface area contributed by atoms with Crippen molar-refractivity contribution >= 4 is 15.9 Å². The van der Waals surface area contributed by atoms with E-state index in [9.17, 15) is 18.3 Å². The van der Waals surface area contributed by atoms with Gasteiger partial charge in [-0.2, -0.15) is 0 Å². The highest BCUT2D eigenvalue weighted by molar-refractivity contribution is 7.90. The summed E-state index contributed by atoms with van der Waals surface area (Å²) in [5, 5.41) is 9.85. The third kappa shape index (κ3) is 7.06. The number of aliphatic hydroxyl groups is 1. The third-order valence-electron chi connectivity index (χ3n) is 6.38. The number of aliphatic hydroxyl groups excluding tert-OH is 1. The van der Waals surface area contributed by atoms with E-state index in [1.165, 1.54) is 12.1 Å². The summed E-state index contributed by atoms with van der Waals surface area (Å²) in [4.78, 5) is 15.1. The van der Waals surface area contributed by atoms with Crippen LogP contribution in [0.5, 0.6) is 0 Å². The third-order valence-corrected chi connectivity index (χ3v) is 7.77. The van der Waals surface area contributed by atoms with Crippen LogP contribution in [0.25, 0.3) is 11.1 Å². The molecule has 3 aromatic rings. The van der Waals surface area contributed by atoms with Crippen molar-refractivity contribution in [3.8, 4) is 11.1 Å². The summed E-state index contributed by atoms with van der Waals surface area (Å²) >= 11 is 0. The first-order valence-electron chi connectivity index (χ1n) is 12.6. The Morgan fingerprint density at radius 1 is 0.919 bits per heavy atom. The molecule has 198 valence electrons. The number of hydrogen-bond donors (Lipinski definition) is 2. The minimum absolute atomic E-state index is 0.0408. The number of benzene rings is 3. The van der Waals surface area contributed by atoms with E-state index in [-0.39, 0.29) is 29.8 Å². The zero-order valence-corrected chi connectivity index (χ0v) is 23.4. The van der Waals surface area contributed by atoms with Gasteiger partial charge < -0.3 is 10.0 Å².